The number of hydrogen-bond donors (Lipinski definition) is 3. The van der Waals surface area contributed by atoms with Crippen LogP contribution in [-0.2, 0) is 20.9 Å². The standard InChI is InChI=1S/C30H29F2N5O3.C2HF3O2/c31-20-4-7-22(8-5-20)37-15-11-23(30(37)39)29(38)35-21-6-9-25(24(32)16-21)40-26-10-12-33-28-27(26)19(17-34-28)18-36-13-2-1-3-14-36;3-2(4,5)1(6)7/h4-10,12,16-17,23H,1-3,11,13-15,18H2,(H,33,34)(H,35,38);(H,6,7). The van der Waals surface area contributed by atoms with Crippen molar-refractivity contribution in [3.05, 3.63) is 78.1 Å². The monoisotopic (exact) mass is 659 g/mol. The number of likely N-dealkylation sites (tertiary alicyclic amines) is 1. The maximum absolute atomic E-state index is 15.1. The quantitative estimate of drug-likeness (QED) is 0.158. The molecule has 2 amide bonds. The number of nitrogens with one attached hydrogen (secondary N) is 2. The van der Waals surface area contributed by atoms with Gasteiger partial charge in [-0.25, -0.2) is 18.6 Å². The van der Waals surface area contributed by atoms with E-state index in [1.165, 1.54) is 66.6 Å². The van der Waals surface area contributed by atoms with Gasteiger partial charge in [-0.2, -0.15) is 13.2 Å². The number of carboxylic acids is 1. The third kappa shape index (κ3) is 8.03. The summed E-state index contributed by atoms with van der Waals surface area (Å²) >= 11 is 0. The van der Waals surface area contributed by atoms with Crippen molar-refractivity contribution in [1.82, 2.24) is 14.9 Å². The van der Waals surface area contributed by atoms with Crippen molar-refractivity contribution in [3.8, 4) is 11.5 Å². The van der Waals surface area contributed by atoms with Gasteiger partial charge in [0.1, 0.15) is 23.1 Å². The number of aromatic amines is 1. The molecule has 2 aromatic heterocycles. The number of carboxylic acid groups (broad SMARTS) is 1. The number of alkyl halides is 3. The first-order chi connectivity index (χ1) is 22.4. The molecule has 3 N–H and O–H groups in total. The highest BCUT2D eigenvalue weighted by molar-refractivity contribution is 6.13. The molecule has 1 atom stereocenters. The Labute approximate surface area is 265 Å². The van der Waals surface area contributed by atoms with E-state index in [1.54, 1.807) is 12.3 Å². The SMILES string of the molecule is O=C(Nc1ccc(Oc2ccnc3[nH]cc(CN4CCCCC4)c23)c(F)c1)C1CCN(c2ccc(F)cc2)C1=O.O=C(O)C(F)(F)F. The first-order valence-electron chi connectivity index (χ1n) is 14.7. The van der Waals surface area contributed by atoms with E-state index in [-0.39, 0.29) is 17.3 Å². The summed E-state index contributed by atoms with van der Waals surface area (Å²) in [5.41, 5.74) is 2.46. The third-order valence-electron chi connectivity index (χ3n) is 7.78. The second-order valence-electron chi connectivity index (χ2n) is 11.0. The van der Waals surface area contributed by atoms with Crippen LogP contribution in [0.1, 0.15) is 31.2 Å². The van der Waals surface area contributed by atoms with E-state index in [4.69, 9.17) is 14.6 Å². The number of piperidine rings is 1. The molecule has 1 unspecified atom stereocenters. The minimum Gasteiger partial charge on any atom is -0.475 e. The fraction of sp³-hybridized carbons (Fsp3) is 0.312. The number of benzene rings is 2. The first-order valence-corrected chi connectivity index (χ1v) is 14.7. The predicted molar refractivity (Wildman–Crippen MR) is 161 cm³/mol. The van der Waals surface area contributed by atoms with Crippen LogP contribution in [0.25, 0.3) is 11.0 Å². The summed E-state index contributed by atoms with van der Waals surface area (Å²) in [6.45, 7) is 3.18. The number of pyridine rings is 1. The molecule has 10 nitrogen and oxygen atoms in total. The van der Waals surface area contributed by atoms with Gasteiger partial charge in [-0.1, -0.05) is 6.42 Å². The van der Waals surface area contributed by atoms with Gasteiger partial charge in [0.2, 0.25) is 11.8 Å². The number of nitrogens with zero attached hydrogens (tertiary/aromatic N) is 3. The molecule has 0 saturated carbocycles. The summed E-state index contributed by atoms with van der Waals surface area (Å²) in [4.78, 5) is 46.1. The second-order valence-corrected chi connectivity index (χ2v) is 11.0. The molecule has 2 fully saturated rings. The zero-order chi connectivity index (χ0) is 33.7. The Morgan fingerprint density at radius 1 is 1.00 bits per heavy atom. The maximum atomic E-state index is 15.1. The van der Waals surface area contributed by atoms with E-state index in [9.17, 15) is 27.2 Å². The highest BCUT2D eigenvalue weighted by Gasteiger charge is 2.39. The molecule has 0 bridgehead atoms. The van der Waals surface area contributed by atoms with Crippen molar-refractivity contribution in [2.24, 2.45) is 5.92 Å². The van der Waals surface area contributed by atoms with Crippen LogP contribution in [-0.4, -0.2) is 63.6 Å². The lowest BCUT2D eigenvalue weighted by atomic mass is 10.1. The molecule has 0 spiro atoms. The number of amides is 2. The summed E-state index contributed by atoms with van der Waals surface area (Å²) in [5, 5.41) is 10.6. The lowest BCUT2D eigenvalue weighted by Gasteiger charge is -2.26. The van der Waals surface area contributed by atoms with Crippen LogP contribution >= 0.6 is 0 Å². The van der Waals surface area contributed by atoms with Gasteiger partial charge < -0.3 is 25.0 Å². The summed E-state index contributed by atoms with van der Waals surface area (Å²) < 4.78 is 66.1. The number of aromatic nitrogens is 2. The molecular formula is C32H30F5N5O5. The molecular weight excluding hydrogens is 629 g/mol. The Bertz CT molecular complexity index is 1760. The highest BCUT2D eigenvalue weighted by atomic mass is 19.4. The van der Waals surface area contributed by atoms with E-state index in [2.05, 4.69) is 20.2 Å². The van der Waals surface area contributed by atoms with Gasteiger partial charge in [0.25, 0.3) is 0 Å². The molecule has 47 heavy (non-hydrogen) atoms. The van der Waals surface area contributed by atoms with Crippen LogP contribution in [0.5, 0.6) is 11.5 Å². The maximum Gasteiger partial charge on any atom is 0.490 e. The number of aliphatic carboxylic acids is 1. The van der Waals surface area contributed by atoms with E-state index >= 15 is 4.39 Å². The van der Waals surface area contributed by atoms with E-state index in [0.717, 1.165) is 30.6 Å². The number of fused-ring (bicyclic) bond motifs is 1. The summed E-state index contributed by atoms with van der Waals surface area (Å²) in [6, 6.07) is 11.4. The summed E-state index contributed by atoms with van der Waals surface area (Å²) in [5.74, 6) is -5.12. The number of hydrogen-bond acceptors (Lipinski definition) is 6. The Morgan fingerprint density at radius 3 is 2.36 bits per heavy atom. The number of ether oxygens (including phenoxy) is 1. The van der Waals surface area contributed by atoms with Gasteiger partial charge in [-0.3, -0.25) is 14.5 Å². The number of H-pyrrole nitrogens is 1. The summed E-state index contributed by atoms with van der Waals surface area (Å²) in [7, 11) is 0. The molecule has 4 aromatic rings. The van der Waals surface area contributed by atoms with E-state index in [0.29, 0.717) is 30.0 Å². The largest absolute Gasteiger partial charge is 0.490 e. The number of halogens is 5. The second kappa shape index (κ2) is 14.2. The summed E-state index contributed by atoms with van der Waals surface area (Å²) in [6.07, 6.45) is 2.37. The van der Waals surface area contributed by atoms with E-state index in [1.807, 2.05) is 6.20 Å². The molecule has 0 aliphatic carbocycles. The number of anilines is 2. The average Bonchev–Trinajstić information content (AvgIpc) is 3.63. The normalized spacial score (nSPS) is 16.9. The Kier molecular flexibility index (Phi) is 10.0. The van der Waals surface area contributed by atoms with Crippen molar-refractivity contribution in [2.75, 3.05) is 29.9 Å². The van der Waals surface area contributed by atoms with Gasteiger partial charge >= 0.3 is 12.1 Å². The molecule has 2 aliphatic heterocycles. The van der Waals surface area contributed by atoms with E-state index < -0.39 is 35.6 Å². The van der Waals surface area contributed by atoms with Gasteiger partial charge in [-0.15, -0.1) is 0 Å². The Morgan fingerprint density at radius 2 is 1.70 bits per heavy atom. The van der Waals surface area contributed by atoms with Crippen LogP contribution in [0.2, 0.25) is 0 Å². The van der Waals surface area contributed by atoms with Crippen molar-refractivity contribution in [1.29, 1.82) is 0 Å². The molecule has 4 heterocycles. The Balaban J connectivity index is 0.000000559. The van der Waals surface area contributed by atoms with Crippen molar-refractivity contribution < 1.29 is 46.2 Å². The van der Waals surface area contributed by atoms with Crippen molar-refractivity contribution in [2.45, 2.75) is 38.4 Å². The average molecular weight is 660 g/mol. The molecule has 2 aliphatic rings. The number of carbonyl (C=O) groups is 3. The topological polar surface area (TPSA) is 128 Å². The van der Waals surface area contributed by atoms with Gasteiger partial charge in [0.05, 0.1) is 5.39 Å². The molecule has 15 heteroatoms. The molecule has 6 rings (SSSR count). The fourth-order valence-electron chi connectivity index (χ4n) is 5.47. The Hall–Kier alpha value is -5.05. The number of rotatable bonds is 7. The van der Waals surface area contributed by atoms with Crippen molar-refractivity contribution in [3.63, 3.8) is 0 Å². The zero-order valence-electron chi connectivity index (χ0n) is 24.8. The minimum atomic E-state index is -5.08. The van der Waals surface area contributed by atoms with Gasteiger partial charge in [0, 0.05) is 42.9 Å². The van der Waals surface area contributed by atoms with Crippen LogP contribution in [0.3, 0.4) is 0 Å². The predicted octanol–water partition coefficient (Wildman–Crippen LogP) is 6.24. The fourth-order valence-corrected chi connectivity index (χ4v) is 5.47. The first kappa shape index (κ1) is 33.3. The lowest BCUT2D eigenvalue weighted by Crippen LogP contribution is -2.33. The van der Waals surface area contributed by atoms with Crippen LogP contribution in [0.15, 0.2) is 60.9 Å². The smallest absolute Gasteiger partial charge is 0.475 e. The van der Waals surface area contributed by atoms with Crippen molar-refractivity contribution >= 4 is 40.2 Å². The zero-order valence-corrected chi connectivity index (χ0v) is 24.8. The lowest BCUT2D eigenvalue weighted by molar-refractivity contribution is -0.192. The molecule has 0 radical (unpaired) electrons. The van der Waals surface area contributed by atoms with Crippen LogP contribution < -0.4 is 15.0 Å². The minimum absolute atomic E-state index is 0.00930. The molecule has 2 aromatic carbocycles. The van der Waals surface area contributed by atoms with Crippen LogP contribution in [0.4, 0.5) is 33.3 Å². The highest BCUT2D eigenvalue weighted by Crippen LogP contribution is 2.34. The molecule has 248 valence electrons. The number of carbonyl (C=O) groups excluding carboxylic acids is 2. The third-order valence-corrected chi connectivity index (χ3v) is 7.78. The van der Waals surface area contributed by atoms with Gasteiger partial charge in [-0.05, 0) is 80.4 Å². The molecule has 2 saturated heterocycles. The van der Waals surface area contributed by atoms with Gasteiger partial charge in [0.15, 0.2) is 11.6 Å². The van der Waals surface area contributed by atoms with Crippen LogP contribution in [0, 0.1) is 17.6 Å².